The normalized spacial score (nSPS) is 18.0. The molecule has 4 rings (SSSR count). The first kappa shape index (κ1) is 21.0. The highest BCUT2D eigenvalue weighted by Crippen LogP contribution is 2.35. The molecule has 31 heavy (non-hydrogen) atoms. The standard InChI is InChI=1S/C24H29N3O4/c1-4-26-21-12-16(23(28)25-17-13-18(30-2)15-19(14-17)31-3)9-10-20(21)24(29)27-11-7-5-6-8-22(26)27/h9-10,12-15,22H,4-8,11H2,1-3H3,(H,25,28)/t22-/m1/s1. The van der Waals surface area contributed by atoms with Crippen molar-refractivity contribution in [1.82, 2.24) is 4.90 Å². The highest BCUT2D eigenvalue weighted by atomic mass is 16.5. The van der Waals surface area contributed by atoms with Gasteiger partial charge in [0, 0.05) is 42.5 Å². The van der Waals surface area contributed by atoms with Crippen LogP contribution < -0.4 is 19.7 Å². The molecule has 7 nitrogen and oxygen atoms in total. The van der Waals surface area contributed by atoms with E-state index in [1.165, 1.54) is 0 Å². The van der Waals surface area contributed by atoms with Gasteiger partial charge in [-0.3, -0.25) is 9.59 Å². The number of carbonyl (C=O) groups excluding carboxylic acids is 2. The number of amides is 2. The molecule has 2 aliphatic heterocycles. The number of ether oxygens (including phenoxy) is 2. The number of rotatable bonds is 5. The molecule has 1 saturated heterocycles. The van der Waals surface area contributed by atoms with Crippen molar-refractivity contribution in [1.29, 1.82) is 0 Å². The van der Waals surface area contributed by atoms with Crippen molar-refractivity contribution < 1.29 is 19.1 Å². The zero-order chi connectivity index (χ0) is 22.0. The van der Waals surface area contributed by atoms with Crippen LogP contribution in [0.25, 0.3) is 0 Å². The van der Waals surface area contributed by atoms with E-state index < -0.39 is 0 Å². The zero-order valence-electron chi connectivity index (χ0n) is 18.3. The van der Waals surface area contributed by atoms with Gasteiger partial charge in [-0.1, -0.05) is 6.42 Å². The Labute approximate surface area is 182 Å². The van der Waals surface area contributed by atoms with E-state index in [1.54, 1.807) is 44.6 Å². The molecule has 1 fully saturated rings. The highest BCUT2D eigenvalue weighted by Gasteiger charge is 2.37. The van der Waals surface area contributed by atoms with Crippen molar-refractivity contribution in [2.75, 3.05) is 37.5 Å². The van der Waals surface area contributed by atoms with Crippen LogP contribution in [0.15, 0.2) is 36.4 Å². The second-order valence-corrected chi connectivity index (χ2v) is 7.90. The maximum atomic E-state index is 13.1. The van der Waals surface area contributed by atoms with Crippen LogP contribution in [0.3, 0.4) is 0 Å². The minimum atomic E-state index is -0.245. The number of methoxy groups -OCH3 is 2. The Hall–Kier alpha value is -3.22. The molecule has 0 aliphatic carbocycles. The summed E-state index contributed by atoms with van der Waals surface area (Å²) in [5, 5.41) is 2.91. The first-order chi connectivity index (χ1) is 15.0. The number of hydrogen-bond acceptors (Lipinski definition) is 5. The summed E-state index contributed by atoms with van der Waals surface area (Å²) < 4.78 is 10.6. The summed E-state index contributed by atoms with van der Waals surface area (Å²) in [7, 11) is 3.13. The van der Waals surface area contributed by atoms with Gasteiger partial charge in [0.2, 0.25) is 0 Å². The number of nitrogens with one attached hydrogen (secondary N) is 1. The summed E-state index contributed by atoms with van der Waals surface area (Å²) in [5.74, 6) is 1.01. The quantitative estimate of drug-likeness (QED) is 0.783. The third kappa shape index (κ3) is 4.04. The predicted molar refractivity (Wildman–Crippen MR) is 120 cm³/mol. The fourth-order valence-corrected chi connectivity index (χ4v) is 4.52. The Morgan fingerprint density at radius 2 is 1.81 bits per heavy atom. The minimum absolute atomic E-state index is 0.0634. The van der Waals surface area contributed by atoms with Gasteiger partial charge in [0.1, 0.15) is 17.7 Å². The van der Waals surface area contributed by atoms with Gasteiger partial charge in [0.25, 0.3) is 11.8 Å². The van der Waals surface area contributed by atoms with E-state index in [0.29, 0.717) is 28.3 Å². The van der Waals surface area contributed by atoms with Gasteiger partial charge in [0.15, 0.2) is 0 Å². The Morgan fingerprint density at radius 1 is 1.06 bits per heavy atom. The number of anilines is 2. The van der Waals surface area contributed by atoms with Gasteiger partial charge >= 0.3 is 0 Å². The molecule has 2 aromatic carbocycles. The lowest BCUT2D eigenvalue weighted by atomic mass is 10.0. The van der Waals surface area contributed by atoms with E-state index in [4.69, 9.17) is 9.47 Å². The van der Waals surface area contributed by atoms with Crippen molar-refractivity contribution in [2.24, 2.45) is 0 Å². The van der Waals surface area contributed by atoms with Crippen molar-refractivity contribution in [3.05, 3.63) is 47.5 Å². The summed E-state index contributed by atoms with van der Waals surface area (Å²) in [6.45, 7) is 3.66. The second kappa shape index (κ2) is 8.88. The maximum Gasteiger partial charge on any atom is 0.257 e. The van der Waals surface area contributed by atoms with Crippen LogP contribution in [-0.2, 0) is 0 Å². The van der Waals surface area contributed by atoms with Gasteiger partial charge in [-0.25, -0.2) is 0 Å². The highest BCUT2D eigenvalue weighted by molar-refractivity contribution is 6.08. The summed E-state index contributed by atoms with van der Waals surface area (Å²) in [5.41, 5.74) is 2.59. The van der Waals surface area contributed by atoms with Crippen LogP contribution in [0, 0.1) is 0 Å². The van der Waals surface area contributed by atoms with E-state index >= 15 is 0 Å². The molecule has 164 valence electrons. The van der Waals surface area contributed by atoms with Crippen LogP contribution in [0.4, 0.5) is 11.4 Å². The number of nitrogens with zero attached hydrogens (tertiary/aromatic N) is 2. The molecule has 0 aromatic heterocycles. The smallest absolute Gasteiger partial charge is 0.257 e. The molecule has 0 bridgehead atoms. The lowest BCUT2D eigenvalue weighted by molar-refractivity contribution is 0.0656. The van der Waals surface area contributed by atoms with Crippen LogP contribution in [0.5, 0.6) is 11.5 Å². The number of hydrogen-bond donors (Lipinski definition) is 1. The molecule has 0 unspecified atom stereocenters. The first-order valence-electron chi connectivity index (χ1n) is 10.8. The third-order valence-electron chi connectivity index (χ3n) is 6.09. The molecular formula is C24H29N3O4. The predicted octanol–water partition coefficient (Wildman–Crippen LogP) is 4.14. The molecule has 2 heterocycles. The van der Waals surface area contributed by atoms with Crippen LogP contribution in [-0.4, -0.2) is 50.2 Å². The van der Waals surface area contributed by atoms with E-state index in [0.717, 1.165) is 44.5 Å². The van der Waals surface area contributed by atoms with E-state index in [1.807, 2.05) is 11.0 Å². The molecule has 1 N–H and O–H groups in total. The SMILES string of the molecule is CCN1c2cc(C(=O)Nc3cc(OC)cc(OC)c3)ccc2C(=O)N2CCCCC[C@@H]21. The van der Waals surface area contributed by atoms with Crippen LogP contribution in [0.1, 0.15) is 53.3 Å². The summed E-state index contributed by atoms with van der Waals surface area (Å²) in [6.07, 6.45) is 4.32. The number of carbonyl (C=O) groups is 2. The molecule has 1 atom stereocenters. The van der Waals surface area contributed by atoms with Gasteiger partial charge in [-0.2, -0.15) is 0 Å². The van der Waals surface area contributed by atoms with Crippen molar-refractivity contribution in [3.63, 3.8) is 0 Å². The van der Waals surface area contributed by atoms with Crippen LogP contribution >= 0.6 is 0 Å². The fourth-order valence-electron chi connectivity index (χ4n) is 4.52. The zero-order valence-corrected chi connectivity index (χ0v) is 18.3. The second-order valence-electron chi connectivity index (χ2n) is 7.90. The monoisotopic (exact) mass is 423 g/mol. The molecule has 2 aromatic rings. The molecule has 0 radical (unpaired) electrons. The largest absolute Gasteiger partial charge is 0.497 e. The Bertz CT molecular complexity index is 969. The summed E-state index contributed by atoms with van der Waals surface area (Å²) in [6, 6.07) is 10.6. The number of fused-ring (bicyclic) bond motifs is 2. The van der Waals surface area contributed by atoms with Gasteiger partial charge in [0.05, 0.1) is 25.5 Å². The van der Waals surface area contributed by atoms with Gasteiger partial charge in [-0.05, 0) is 44.4 Å². The summed E-state index contributed by atoms with van der Waals surface area (Å²) in [4.78, 5) is 30.4. The first-order valence-corrected chi connectivity index (χ1v) is 10.8. The molecule has 0 saturated carbocycles. The molecule has 7 heteroatoms. The van der Waals surface area contributed by atoms with Crippen molar-refractivity contribution in [2.45, 2.75) is 38.8 Å². The molecular weight excluding hydrogens is 394 g/mol. The Morgan fingerprint density at radius 3 is 2.48 bits per heavy atom. The van der Waals surface area contributed by atoms with E-state index in [9.17, 15) is 9.59 Å². The topological polar surface area (TPSA) is 71.1 Å². The fraction of sp³-hybridized carbons (Fsp3) is 0.417. The van der Waals surface area contributed by atoms with Crippen molar-refractivity contribution >= 4 is 23.2 Å². The number of benzene rings is 2. The minimum Gasteiger partial charge on any atom is -0.497 e. The third-order valence-corrected chi connectivity index (χ3v) is 6.09. The van der Waals surface area contributed by atoms with E-state index in [2.05, 4.69) is 17.1 Å². The Kier molecular flexibility index (Phi) is 6.02. The lowest BCUT2D eigenvalue weighted by Crippen LogP contribution is -2.55. The summed E-state index contributed by atoms with van der Waals surface area (Å²) >= 11 is 0. The van der Waals surface area contributed by atoms with Gasteiger partial charge in [-0.15, -0.1) is 0 Å². The molecule has 2 aliphatic rings. The van der Waals surface area contributed by atoms with Gasteiger partial charge < -0.3 is 24.6 Å². The molecule has 2 amide bonds. The average Bonchev–Trinajstić information content (AvgIpc) is 3.05. The Balaban J connectivity index is 1.64. The maximum absolute atomic E-state index is 13.1. The van der Waals surface area contributed by atoms with Crippen molar-refractivity contribution in [3.8, 4) is 11.5 Å². The van der Waals surface area contributed by atoms with Crippen LogP contribution in [0.2, 0.25) is 0 Å². The average molecular weight is 424 g/mol. The molecule has 0 spiro atoms. The lowest BCUT2D eigenvalue weighted by Gasteiger charge is -2.44. The van der Waals surface area contributed by atoms with E-state index in [-0.39, 0.29) is 18.0 Å².